The molecular formula is C16H14N2O4S. The van der Waals surface area contributed by atoms with E-state index in [1.807, 2.05) is 0 Å². The molecule has 0 spiro atoms. The van der Waals surface area contributed by atoms with E-state index < -0.39 is 15.6 Å². The van der Waals surface area contributed by atoms with Crippen LogP contribution in [-0.2, 0) is 9.84 Å². The lowest BCUT2D eigenvalue weighted by Gasteiger charge is -2.08. The summed E-state index contributed by atoms with van der Waals surface area (Å²) in [6, 6.07) is 7.64. The lowest BCUT2D eigenvalue weighted by molar-refractivity contribution is 0.403. The first-order valence-corrected chi connectivity index (χ1v) is 8.19. The highest BCUT2D eigenvalue weighted by molar-refractivity contribution is 7.91. The monoisotopic (exact) mass is 330 g/mol. The number of hydrogen-bond donors (Lipinski definition) is 1. The summed E-state index contributed by atoms with van der Waals surface area (Å²) in [4.78, 5) is 11.0. The molecule has 0 aliphatic heterocycles. The van der Waals surface area contributed by atoms with Gasteiger partial charge in [-0.3, -0.25) is 4.79 Å². The molecule has 2 aromatic rings. The first kappa shape index (κ1) is 16.5. The predicted octanol–water partition coefficient (Wildman–Crippen LogP) is 1.36. The fourth-order valence-corrected chi connectivity index (χ4v) is 3.01. The van der Waals surface area contributed by atoms with Gasteiger partial charge < -0.3 is 4.74 Å². The molecule has 6 nitrogen and oxygen atoms in total. The molecule has 0 fully saturated rings. The van der Waals surface area contributed by atoms with Crippen LogP contribution in [0.5, 0.6) is 5.75 Å². The van der Waals surface area contributed by atoms with Gasteiger partial charge in [0, 0.05) is 6.07 Å². The molecule has 1 aromatic carbocycles. The molecule has 0 aliphatic rings. The van der Waals surface area contributed by atoms with Crippen molar-refractivity contribution < 1.29 is 13.2 Å². The number of aromatic nitrogens is 2. The SMILES string of the molecule is C#CCS(=O)(=O)c1cc(/C=C/c2ccc(=O)[nH]n2)ccc1OC. The van der Waals surface area contributed by atoms with Gasteiger partial charge in [0.1, 0.15) is 16.4 Å². The Bertz CT molecular complexity index is 917. The molecule has 7 heteroatoms. The molecule has 2 rings (SSSR count). The number of H-pyrrole nitrogens is 1. The summed E-state index contributed by atoms with van der Waals surface area (Å²) in [5.41, 5.74) is 0.872. The van der Waals surface area contributed by atoms with Crippen molar-refractivity contribution in [3.8, 4) is 18.1 Å². The van der Waals surface area contributed by atoms with Gasteiger partial charge in [-0.1, -0.05) is 18.1 Å². The standard InChI is InChI=1S/C16H14N2O4S/c1-3-10-23(20,21)15-11-12(5-8-14(15)22-2)4-6-13-7-9-16(19)18-17-13/h1,4-9,11H,10H2,2H3,(H,18,19)/b6-4+. The van der Waals surface area contributed by atoms with E-state index in [0.717, 1.165) is 0 Å². The molecular weight excluding hydrogens is 316 g/mol. The Morgan fingerprint density at radius 1 is 1.30 bits per heavy atom. The van der Waals surface area contributed by atoms with Gasteiger partial charge in [-0.15, -0.1) is 6.42 Å². The molecule has 1 aromatic heterocycles. The Morgan fingerprint density at radius 2 is 2.09 bits per heavy atom. The number of ether oxygens (including phenoxy) is 1. The summed E-state index contributed by atoms with van der Waals surface area (Å²) < 4.78 is 29.4. The summed E-state index contributed by atoms with van der Waals surface area (Å²) in [7, 11) is -2.23. The number of benzene rings is 1. The van der Waals surface area contributed by atoms with E-state index in [0.29, 0.717) is 11.3 Å². The summed E-state index contributed by atoms with van der Waals surface area (Å²) in [5, 5.41) is 6.15. The van der Waals surface area contributed by atoms with Gasteiger partial charge in [-0.25, -0.2) is 13.5 Å². The van der Waals surface area contributed by atoms with Crippen LogP contribution in [0.2, 0.25) is 0 Å². The van der Waals surface area contributed by atoms with Gasteiger partial charge in [-0.05, 0) is 29.8 Å². The van der Waals surface area contributed by atoms with E-state index in [2.05, 4.69) is 16.1 Å². The van der Waals surface area contributed by atoms with Crippen molar-refractivity contribution >= 4 is 22.0 Å². The second-order valence-electron chi connectivity index (χ2n) is 4.55. The average Bonchev–Trinajstić information content (AvgIpc) is 2.54. The normalized spacial score (nSPS) is 11.3. The van der Waals surface area contributed by atoms with Gasteiger partial charge in [0.2, 0.25) is 0 Å². The Balaban J connectivity index is 2.40. The summed E-state index contributed by atoms with van der Waals surface area (Å²) in [6.45, 7) is 0. The van der Waals surface area contributed by atoms with Crippen LogP contribution >= 0.6 is 0 Å². The van der Waals surface area contributed by atoms with Gasteiger partial charge in [0.25, 0.3) is 5.56 Å². The largest absolute Gasteiger partial charge is 0.495 e. The van der Waals surface area contributed by atoms with E-state index in [9.17, 15) is 13.2 Å². The predicted molar refractivity (Wildman–Crippen MR) is 87.7 cm³/mol. The van der Waals surface area contributed by atoms with Crippen molar-refractivity contribution in [3.05, 3.63) is 51.9 Å². The molecule has 0 bridgehead atoms. The smallest absolute Gasteiger partial charge is 0.264 e. The molecule has 1 N–H and O–H groups in total. The molecule has 1 heterocycles. The van der Waals surface area contributed by atoms with Crippen molar-refractivity contribution in [2.75, 3.05) is 12.9 Å². The number of methoxy groups -OCH3 is 1. The Labute approximate surface area is 133 Å². The topological polar surface area (TPSA) is 89.1 Å². The van der Waals surface area contributed by atoms with Crippen molar-refractivity contribution in [3.63, 3.8) is 0 Å². The van der Waals surface area contributed by atoms with E-state index >= 15 is 0 Å². The van der Waals surface area contributed by atoms with E-state index in [1.54, 1.807) is 30.4 Å². The molecule has 118 valence electrons. The van der Waals surface area contributed by atoms with E-state index in [4.69, 9.17) is 11.2 Å². The highest BCUT2D eigenvalue weighted by atomic mass is 32.2. The number of nitrogens with one attached hydrogen (secondary N) is 1. The van der Waals surface area contributed by atoms with Crippen molar-refractivity contribution in [1.82, 2.24) is 10.2 Å². The third kappa shape index (κ3) is 4.08. The average molecular weight is 330 g/mol. The molecule has 0 unspecified atom stereocenters. The van der Waals surface area contributed by atoms with Gasteiger partial charge >= 0.3 is 0 Å². The van der Waals surface area contributed by atoms with Crippen molar-refractivity contribution in [2.45, 2.75) is 4.90 Å². The second kappa shape index (κ2) is 6.94. The highest BCUT2D eigenvalue weighted by Crippen LogP contribution is 2.26. The first-order chi connectivity index (χ1) is 11.0. The van der Waals surface area contributed by atoms with Crippen LogP contribution in [0.25, 0.3) is 12.2 Å². The zero-order chi connectivity index (χ0) is 16.9. The minimum Gasteiger partial charge on any atom is -0.495 e. The number of terminal acetylenes is 1. The van der Waals surface area contributed by atoms with Crippen LogP contribution in [0.3, 0.4) is 0 Å². The summed E-state index contributed by atoms with van der Waals surface area (Å²) >= 11 is 0. The zero-order valence-corrected chi connectivity index (χ0v) is 13.1. The third-order valence-electron chi connectivity index (χ3n) is 2.94. The molecule has 23 heavy (non-hydrogen) atoms. The van der Waals surface area contributed by atoms with Gasteiger partial charge in [-0.2, -0.15) is 5.10 Å². The third-order valence-corrected chi connectivity index (χ3v) is 4.48. The Morgan fingerprint density at radius 3 is 2.70 bits per heavy atom. The maximum Gasteiger partial charge on any atom is 0.264 e. The number of aromatic amines is 1. The number of nitrogens with zero attached hydrogens (tertiary/aromatic N) is 1. The quantitative estimate of drug-likeness (QED) is 0.836. The minimum absolute atomic E-state index is 0.0366. The minimum atomic E-state index is -3.62. The second-order valence-corrected chi connectivity index (χ2v) is 6.51. The van der Waals surface area contributed by atoms with Gasteiger partial charge in [0.05, 0.1) is 12.8 Å². The summed E-state index contributed by atoms with van der Waals surface area (Å²) in [5.74, 6) is 1.97. The fraction of sp³-hybridized carbons (Fsp3) is 0.125. The van der Waals surface area contributed by atoms with Crippen LogP contribution < -0.4 is 10.3 Å². The molecule has 0 atom stereocenters. The van der Waals surface area contributed by atoms with Crippen LogP contribution in [-0.4, -0.2) is 31.5 Å². The maximum absolute atomic E-state index is 12.2. The fourth-order valence-electron chi connectivity index (χ4n) is 1.86. The Hall–Kier alpha value is -2.85. The number of hydrogen-bond acceptors (Lipinski definition) is 5. The number of rotatable bonds is 5. The van der Waals surface area contributed by atoms with E-state index in [1.165, 1.54) is 19.2 Å². The first-order valence-electron chi connectivity index (χ1n) is 6.54. The molecule has 0 amide bonds. The van der Waals surface area contributed by atoms with Crippen LogP contribution in [0.1, 0.15) is 11.3 Å². The maximum atomic E-state index is 12.2. The lowest BCUT2D eigenvalue weighted by Crippen LogP contribution is -2.07. The molecule has 0 saturated heterocycles. The highest BCUT2D eigenvalue weighted by Gasteiger charge is 2.18. The molecule has 0 radical (unpaired) electrons. The summed E-state index contributed by atoms with van der Waals surface area (Å²) in [6.07, 6.45) is 8.43. The van der Waals surface area contributed by atoms with Crippen LogP contribution in [0, 0.1) is 12.3 Å². The van der Waals surface area contributed by atoms with Gasteiger partial charge in [0.15, 0.2) is 9.84 Å². The van der Waals surface area contributed by atoms with Crippen LogP contribution in [0.15, 0.2) is 40.0 Å². The number of sulfone groups is 1. The molecule has 0 saturated carbocycles. The lowest BCUT2D eigenvalue weighted by atomic mass is 10.2. The Kier molecular flexibility index (Phi) is 4.98. The van der Waals surface area contributed by atoms with E-state index in [-0.39, 0.29) is 16.2 Å². The zero-order valence-electron chi connectivity index (χ0n) is 12.3. The molecule has 0 aliphatic carbocycles. The van der Waals surface area contributed by atoms with Crippen LogP contribution in [0.4, 0.5) is 0 Å². The van der Waals surface area contributed by atoms with Crippen molar-refractivity contribution in [1.29, 1.82) is 0 Å². The van der Waals surface area contributed by atoms with Crippen molar-refractivity contribution in [2.24, 2.45) is 0 Å².